The number of carbonyl (C=O) groups excluding carboxylic acids is 1. The first-order chi connectivity index (χ1) is 9.69. The van der Waals surface area contributed by atoms with Crippen molar-refractivity contribution in [2.45, 2.75) is 19.4 Å². The third kappa shape index (κ3) is 3.82. The topological polar surface area (TPSA) is 38.3 Å². The minimum Gasteiger partial charge on any atom is -0.481 e. The smallest absolute Gasteiger partial charge is 0.265 e. The SMILES string of the molecule is CC[C@@H](Oc1ccccc1)C(=O)Nc1cccc(F)c1. The Hall–Kier alpha value is -2.36. The van der Waals surface area contributed by atoms with Gasteiger partial charge in [-0.3, -0.25) is 4.79 Å². The van der Waals surface area contributed by atoms with Crippen molar-refractivity contribution in [3.63, 3.8) is 0 Å². The van der Waals surface area contributed by atoms with Crippen LogP contribution in [0.25, 0.3) is 0 Å². The molecule has 104 valence electrons. The van der Waals surface area contributed by atoms with E-state index in [1.807, 2.05) is 25.1 Å². The summed E-state index contributed by atoms with van der Waals surface area (Å²) in [5.41, 5.74) is 0.421. The van der Waals surface area contributed by atoms with Crippen molar-refractivity contribution >= 4 is 11.6 Å². The average Bonchev–Trinajstić information content (AvgIpc) is 2.45. The number of ether oxygens (including phenoxy) is 1. The zero-order chi connectivity index (χ0) is 14.4. The highest BCUT2D eigenvalue weighted by Crippen LogP contribution is 2.15. The number of hydrogen-bond donors (Lipinski definition) is 1. The highest BCUT2D eigenvalue weighted by molar-refractivity contribution is 5.94. The number of hydrogen-bond acceptors (Lipinski definition) is 2. The van der Waals surface area contributed by atoms with Crippen LogP contribution in [0.1, 0.15) is 13.3 Å². The van der Waals surface area contributed by atoms with Crippen molar-refractivity contribution in [1.29, 1.82) is 0 Å². The van der Waals surface area contributed by atoms with E-state index in [0.717, 1.165) is 0 Å². The van der Waals surface area contributed by atoms with Crippen LogP contribution >= 0.6 is 0 Å². The summed E-state index contributed by atoms with van der Waals surface area (Å²) in [5, 5.41) is 2.65. The van der Waals surface area contributed by atoms with Crippen LogP contribution in [-0.2, 0) is 4.79 Å². The fourth-order valence-corrected chi connectivity index (χ4v) is 1.77. The molecule has 0 spiro atoms. The maximum atomic E-state index is 13.1. The highest BCUT2D eigenvalue weighted by Gasteiger charge is 2.18. The molecule has 1 amide bonds. The second-order valence-electron chi connectivity index (χ2n) is 4.33. The summed E-state index contributed by atoms with van der Waals surface area (Å²) in [5.74, 6) is -0.0458. The molecule has 0 saturated heterocycles. The maximum Gasteiger partial charge on any atom is 0.265 e. The van der Waals surface area contributed by atoms with E-state index < -0.39 is 6.10 Å². The molecule has 3 nitrogen and oxygen atoms in total. The number of nitrogens with one attached hydrogen (secondary N) is 1. The summed E-state index contributed by atoms with van der Waals surface area (Å²) in [6, 6.07) is 14.9. The molecule has 0 aliphatic rings. The largest absolute Gasteiger partial charge is 0.481 e. The van der Waals surface area contributed by atoms with E-state index in [-0.39, 0.29) is 11.7 Å². The first kappa shape index (κ1) is 14.1. The van der Waals surface area contributed by atoms with E-state index in [2.05, 4.69) is 5.32 Å². The van der Waals surface area contributed by atoms with Crippen LogP contribution < -0.4 is 10.1 Å². The molecule has 0 heterocycles. The normalized spacial score (nSPS) is 11.7. The van der Waals surface area contributed by atoms with Crippen molar-refractivity contribution in [3.05, 3.63) is 60.4 Å². The fourth-order valence-electron chi connectivity index (χ4n) is 1.77. The van der Waals surface area contributed by atoms with Crippen LogP contribution in [0.4, 0.5) is 10.1 Å². The minimum atomic E-state index is -0.610. The Morgan fingerprint density at radius 2 is 1.95 bits per heavy atom. The summed E-state index contributed by atoms with van der Waals surface area (Å²) < 4.78 is 18.7. The van der Waals surface area contributed by atoms with Crippen LogP contribution in [0.15, 0.2) is 54.6 Å². The van der Waals surface area contributed by atoms with Gasteiger partial charge in [0.05, 0.1) is 0 Å². The Kier molecular flexibility index (Phi) is 4.71. The number of amides is 1. The van der Waals surface area contributed by atoms with Crippen molar-refractivity contribution < 1.29 is 13.9 Å². The lowest BCUT2D eigenvalue weighted by molar-refractivity contribution is -0.122. The number of halogens is 1. The molecule has 0 aliphatic carbocycles. The maximum absolute atomic E-state index is 13.1. The molecule has 20 heavy (non-hydrogen) atoms. The molecule has 0 unspecified atom stereocenters. The van der Waals surface area contributed by atoms with Gasteiger partial charge in [0.2, 0.25) is 0 Å². The van der Waals surface area contributed by atoms with E-state index in [4.69, 9.17) is 4.74 Å². The number of benzene rings is 2. The highest BCUT2D eigenvalue weighted by atomic mass is 19.1. The van der Waals surface area contributed by atoms with Crippen molar-refractivity contribution in [3.8, 4) is 5.75 Å². The number of carbonyl (C=O) groups is 1. The molecular formula is C16H16FNO2. The summed E-state index contributed by atoms with van der Waals surface area (Å²) in [7, 11) is 0. The van der Waals surface area contributed by atoms with Gasteiger partial charge in [-0.1, -0.05) is 31.2 Å². The molecule has 0 saturated carbocycles. The molecule has 0 radical (unpaired) electrons. The molecule has 0 fully saturated rings. The van der Waals surface area contributed by atoms with Crippen LogP contribution in [-0.4, -0.2) is 12.0 Å². The third-order valence-electron chi connectivity index (χ3n) is 2.78. The van der Waals surface area contributed by atoms with Gasteiger partial charge in [0.15, 0.2) is 6.10 Å². The molecule has 4 heteroatoms. The van der Waals surface area contributed by atoms with Crippen LogP contribution in [0.2, 0.25) is 0 Å². The van der Waals surface area contributed by atoms with Gasteiger partial charge in [-0.25, -0.2) is 4.39 Å². The first-order valence-corrected chi connectivity index (χ1v) is 6.47. The van der Waals surface area contributed by atoms with Crippen molar-refractivity contribution in [1.82, 2.24) is 0 Å². The molecule has 0 aliphatic heterocycles. The summed E-state index contributed by atoms with van der Waals surface area (Å²) in [4.78, 5) is 12.1. The predicted octanol–water partition coefficient (Wildman–Crippen LogP) is 3.62. The van der Waals surface area contributed by atoms with Gasteiger partial charge < -0.3 is 10.1 Å². The van der Waals surface area contributed by atoms with Gasteiger partial charge in [-0.2, -0.15) is 0 Å². The third-order valence-corrected chi connectivity index (χ3v) is 2.78. The Morgan fingerprint density at radius 3 is 2.60 bits per heavy atom. The minimum absolute atomic E-state index is 0.290. The van der Waals surface area contributed by atoms with Gasteiger partial charge in [-0.05, 0) is 36.8 Å². The number of rotatable bonds is 5. The number of para-hydroxylation sites is 1. The molecule has 0 bridgehead atoms. The van der Waals surface area contributed by atoms with Gasteiger partial charge in [0.25, 0.3) is 5.91 Å². The van der Waals surface area contributed by atoms with Gasteiger partial charge in [0.1, 0.15) is 11.6 Å². The monoisotopic (exact) mass is 273 g/mol. The van der Waals surface area contributed by atoms with Gasteiger partial charge >= 0.3 is 0 Å². The standard InChI is InChI=1S/C16H16FNO2/c1-2-15(20-14-9-4-3-5-10-14)16(19)18-13-8-6-7-12(17)11-13/h3-11,15H,2H2,1H3,(H,18,19)/t15-/m1/s1. The summed E-state index contributed by atoms with van der Waals surface area (Å²) >= 11 is 0. The lowest BCUT2D eigenvalue weighted by atomic mass is 10.2. The second kappa shape index (κ2) is 6.70. The Balaban J connectivity index is 2.02. The first-order valence-electron chi connectivity index (χ1n) is 6.47. The van der Waals surface area contributed by atoms with E-state index in [1.165, 1.54) is 12.1 Å². The fraction of sp³-hybridized carbons (Fsp3) is 0.188. The van der Waals surface area contributed by atoms with E-state index >= 15 is 0 Å². The summed E-state index contributed by atoms with van der Waals surface area (Å²) in [6.07, 6.45) is -0.0866. The lowest BCUT2D eigenvalue weighted by Gasteiger charge is -2.17. The van der Waals surface area contributed by atoms with Crippen LogP contribution in [0, 0.1) is 5.82 Å². The van der Waals surface area contributed by atoms with Gasteiger partial charge in [0, 0.05) is 5.69 Å². The Labute approximate surface area is 117 Å². The van der Waals surface area contributed by atoms with Crippen molar-refractivity contribution in [2.75, 3.05) is 5.32 Å². The van der Waals surface area contributed by atoms with Crippen LogP contribution in [0.5, 0.6) is 5.75 Å². The number of anilines is 1. The lowest BCUT2D eigenvalue weighted by Crippen LogP contribution is -2.32. The quantitative estimate of drug-likeness (QED) is 0.903. The molecule has 1 N–H and O–H groups in total. The van der Waals surface area contributed by atoms with Crippen LogP contribution in [0.3, 0.4) is 0 Å². The molecule has 2 aromatic rings. The molecular weight excluding hydrogens is 257 g/mol. The van der Waals surface area contributed by atoms with E-state index in [1.54, 1.807) is 24.3 Å². The van der Waals surface area contributed by atoms with Crippen molar-refractivity contribution in [2.24, 2.45) is 0 Å². The predicted molar refractivity (Wildman–Crippen MR) is 76.2 cm³/mol. The molecule has 2 aromatic carbocycles. The van der Waals surface area contributed by atoms with E-state index in [9.17, 15) is 9.18 Å². The zero-order valence-corrected chi connectivity index (χ0v) is 11.2. The average molecular weight is 273 g/mol. The zero-order valence-electron chi connectivity index (χ0n) is 11.2. The van der Waals surface area contributed by atoms with Gasteiger partial charge in [-0.15, -0.1) is 0 Å². The van der Waals surface area contributed by atoms with E-state index in [0.29, 0.717) is 17.9 Å². The molecule has 0 aromatic heterocycles. The molecule has 1 atom stereocenters. The molecule has 2 rings (SSSR count). The Bertz CT molecular complexity index is 572. The Morgan fingerprint density at radius 1 is 1.20 bits per heavy atom. The second-order valence-corrected chi connectivity index (χ2v) is 4.33. The summed E-state index contributed by atoms with van der Waals surface area (Å²) in [6.45, 7) is 1.86.